The Hall–Kier alpha value is -2.74. The van der Waals surface area contributed by atoms with Crippen LogP contribution in [0.3, 0.4) is 0 Å². The average molecular weight is 520 g/mol. The first-order valence-corrected chi connectivity index (χ1v) is 14.3. The van der Waals surface area contributed by atoms with Gasteiger partial charge >= 0.3 is 0 Å². The molecular formula is C31H45N5O2. The van der Waals surface area contributed by atoms with Gasteiger partial charge in [-0.15, -0.1) is 0 Å². The number of imidazole rings is 1. The van der Waals surface area contributed by atoms with Crippen LogP contribution in [0.15, 0.2) is 59.3 Å². The van der Waals surface area contributed by atoms with Gasteiger partial charge in [-0.3, -0.25) is 4.99 Å². The molecule has 0 amide bonds. The fourth-order valence-electron chi connectivity index (χ4n) is 5.43. The lowest BCUT2D eigenvalue weighted by atomic mass is 10.0. The van der Waals surface area contributed by atoms with E-state index in [0.29, 0.717) is 24.9 Å². The van der Waals surface area contributed by atoms with Crippen molar-refractivity contribution in [1.29, 1.82) is 0 Å². The van der Waals surface area contributed by atoms with Crippen molar-refractivity contribution in [3.63, 3.8) is 0 Å². The summed E-state index contributed by atoms with van der Waals surface area (Å²) in [4.78, 5) is 12.2. The van der Waals surface area contributed by atoms with E-state index in [1.165, 1.54) is 19.3 Å². The highest BCUT2D eigenvalue weighted by atomic mass is 16.3. The number of fused-ring (bicyclic) bond motifs is 1. The highest BCUT2D eigenvalue weighted by Crippen LogP contribution is 2.25. The molecule has 1 aliphatic heterocycles. The Morgan fingerprint density at radius 2 is 2.11 bits per heavy atom. The van der Waals surface area contributed by atoms with Gasteiger partial charge in [-0.2, -0.15) is 0 Å². The van der Waals surface area contributed by atoms with Crippen molar-refractivity contribution in [1.82, 2.24) is 14.5 Å². The molecule has 38 heavy (non-hydrogen) atoms. The molecule has 7 nitrogen and oxygen atoms in total. The molecular weight excluding hydrogens is 474 g/mol. The number of aliphatic imine (C=N–C) groups is 1. The lowest BCUT2D eigenvalue weighted by Crippen LogP contribution is -2.31. The van der Waals surface area contributed by atoms with Gasteiger partial charge in [0.15, 0.2) is 0 Å². The van der Waals surface area contributed by atoms with Gasteiger partial charge in [-0.25, -0.2) is 4.98 Å². The van der Waals surface area contributed by atoms with Gasteiger partial charge in [0.05, 0.1) is 23.7 Å². The van der Waals surface area contributed by atoms with Gasteiger partial charge < -0.3 is 25.0 Å². The summed E-state index contributed by atoms with van der Waals surface area (Å²) in [6, 6.07) is 6.30. The molecule has 206 valence electrons. The SMILES string of the molecule is C/C=C(/C)N=C(CCn1c(NC2CCCN(CC3C=CC=CCC3)CC2)nc2ccc(CO)cc21)C(C)O. The molecule has 2 aliphatic rings. The Balaban J connectivity index is 1.49. The number of aliphatic hydroxyl groups is 2. The molecule has 1 aliphatic carbocycles. The Labute approximate surface area is 227 Å². The van der Waals surface area contributed by atoms with Crippen LogP contribution in [0.1, 0.15) is 64.9 Å². The second-order valence-electron chi connectivity index (χ2n) is 10.8. The van der Waals surface area contributed by atoms with Gasteiger partial charge in [0.1, 0.15) is 0 Å². The van der Waals surface area contributed by atoms with Gasteiger partial charge in [-0.1, -0.05) is 36.4 Å². The largest absolute Gasteiger partial charge is 0.392 e. The van der Waals surface area contributed by atoms with E-state index in [4.69, 9.17) is 4.98 Å². The van der Waals surface area contributed by atoms with Gasteiger partial charge in [0.2, 0.25) is 5.95 Å². The first-order chi connectivity index (χ1) is 18.5. The number of nitrogens with zero attached hydrogens (tertiary/aromatic N) is 4. The third-order valence-corrected chi connectivity index (χ3v) is 7.79. The number of aliphatic hydroxyl groups excluding tert-OH is 2. The predicted octanol–water partition coefficient (Wildman–Crippen LogP) is 5.45. The van der Waals surface area contributed by atoms with Gasteiger partial charge in [-0.05, 0) is 83.0 Å². The minimum absolute atomic E-state index is 0.00451. The van der Waals surface area contributed by atoms with E-state index in [-0.39, 0.29) is 6.61 Å². The van der Waals surface area contributed by atoms with E-state index in [1.807, 2.05) is 38.1 Å². The Morgan fingerprint density at radius 3 is 2.89 bits per heavy atom. The highest BCUT2D eigenvalue weighted by Gasteiger charge is 2.22. The smallest absolute Gasteiger partial charge is 0.204 e. The van der Waals surface area contributed by atoms with Crippen molar-refractivity contribution in [2.45, 2.75) is 84.6 Å². The molecule has 1 aromatic carbocycles. The van der Waals surface area contributed by atoms with Crippen molar-refractivity contribution in [3.8, 4) is 0 Å². The zero-order chi connectivity index (χ0) is 26.9. The van der Waals surface area contributed by atoms with Crippen molar-refractivity contribution in [2.24, 2.45) is 10.9 Å². The predicted molar refractivity (Wildman–Crippen MR) is 158 cm³/mol. The number of rotatable bonds is 10. The lowest BCUT2D eigenvalue weighted by molar-refractivity contribution is 0.252. The number of allylic oxidation sites excluding steroid dienone is 5. The molecule has 3 N–H and O–H groups in total. The normalized spacial score (nSPS) is 22.4. The minimum Gasteiger partial charge on any atom is -0.392 e. The summed E-state index contributed by atoms with van der Waals surface area (Å²) in [5.41, 5.74) is 4.44. The first kappa shape index (κ1) is 28.3. The molecule has 3 atom stereocenters. The van der Waals surface area contributed by atoms with Crippen LogP contribution >= 0.6 is 0 Å². The molecule has 7 heteroatoms. The number of benzene rings is 1. The van der Waals surface area contributed by atoms with E-state index in [2.05, 4.69) is 44.1 Å². The standard InChI is InChI=1S/C31H45N5O2/c1-4-23(2)32-28(24(3)38)16-19-36-30-20-26(22-37)13-14-29(30)34-31(36)33-27-12-9-17-35(18-15-27)21-25-10-7-5-6-8-11-25/h4-7,10,13-14,20,24-25,27,37-38H,8-9,11-12,15-19,21-22H2,1-3H3,(H,33,34)/b23-4-,32-28?. The molecule has 1 saturated heterocycles. The van der Waals surface area contributed by atoms with Crippen molar-refractivity contribution >= 4 is 22.7 Å². The maximum atomic E-state index is 10.4. The molecule has 0 spiro atoms. The summed E-state index contributed by atoms with van der Waals surface area (Å²) in [7, 11) is 0. The Morgan fingerprint density at radius 1 is 1.24 bits per heavy atom. The summed E-state index contributed by atoms with van der Waals surface area (Å²) in [5, 5.41) is 23.9. The van der Waals surface area contributed by atoms with Crippen LogP contribution < -0.4 is 5.32 Å². The number of likely N-dealkylation sites (tertiary alicyclic amines) is 1. The van der Waals surface area contributed by atoms with Crippen LogP contribution in [-0.4, -0.2) is 62.2 Å². The quantitative estimate of drug-likeness (QED) is 0.363. The van der Waals surface area contributed by atoms with E-state index < -0.39 is 6.10 Å². The molecule has 0 bridgehead atoms. The highest BCUT2D eigenvalue weighted by molar-refractivity contribution is 5.89. The maximum Gasteiger partial charge on any atom is 0.204 e. The molecule has 0 radical (unpaired) electrons. The number of hydrogen-bond acceptors (Lipinski definition) is 6. The van der Waals surface area contributed by atoms with Gasteiger partial charge in [0, 0.05) is 43.5 Å². The number of anilines is 1. The third kappa shape index (κ3) is 7.65. The summed E-state index contributed by atoms with van der Waals surface area (Å²) in [6.07, 6.45) is 16.8. The number of aromatic nitrogens is 2. The number of hydrogen-bond donors (Lipinski definition) is 3. The molecule has 1 fully saturated rings. The summed E-state index contributed by atoms with van der Waals surface area (Å²) in [5.74, 6) is 1.49. The summed E-state index contributed by atoms with van der Waals surface area (Å²) >= 11 is 0. The molecule has 0 saturated carbocycles. The monoisotopic (exact) mass is 519 g/mol. The second kappa shape index (κ2) is 13.9. The van der Waals surface area contributed by atoms with Crippen LogP contribution in [0.5, 0.6) is 0 Å². The maximum absolute atomic E-state index is 10.4. The van der Waals surface area contributed by atoms with E-state index in [0.717, 1.165) is 66.4 Å². The summed E-state index contributed by atoms with van der Waals surface area (Å²) < 4.78 is 2.20. The van der Waals surface area contributed by atoms with E-state index in [1.54, 1.807) is 6.92 Å². The zero-order valence-electron chi connectivity index (χ0n) is 23.3. The van der Waals surface area contributed by atoms with Crippen LogP contribution in [0.25, 0.3) is 11.0 Å². The number of nitrogens with one attached hydrogen (secondary N) is 1. The Bertz CT molecular complexity index is 1180. The van der Waals surface area contributed by atoms with Crippen molar-refractivity contribution in [2.75, 3.05) is 25.0 Å². The van der Waals surface area contributed by atoms with Gasteiger partial charge in [0.25, 0.3) is 0 Å². The fourth-order valence-corrected chi connectivity index (χ4v) is 5.43. The summed E-state index contributed by atoms with van der Waals surface area (Å²) in [6.45, 7) is 9.70. The van der Waals surface area contributed by atoms with Crippen molar-refractivity contribution < 1.29 is 10.2 Å². The lowest BCUT2D eigenvalue weighted by Gasteiger charge is -2.24. The van der Waals surface area contributed by atoms with Crippen LogP contribution in [0.2, 0.25) is 0 Å². The molecule has 2 aromatic rings. The first-order valence-electron chi connectivity index (χ1n) is 14.3. The molecule has 1 aromatic heterocycles. The minimum atomic E-state index is -0.615. The Kier molecular flexibility index (Phi) is 10.3. The molecule has 3 unspecified atom stereocenters. The van der Waals surface area contributed by atoms with Crippen LogP contribution in [0, 0.1) is 5.92 Å². The third-order valence-electron chi connectivity index (χ3n) is 7.79. The topological polar surface area (TPSA) is 85.9 Å². The van der Waals surface area contributed by atoms with Crippen LogP contribution in [0.4, 0.5) is 5.95 Å². The number of aryl methyl sites for hydroxylation is 1. The average Bonchev–Trinajstić information content (AvgIpc) is 3.09. The molecule has 2 heterocycles. The van der Waals surface area contributed by atoms with E-state index in [9.17, 15) is 10.2 Å². The van der Waals surface area contributed by atoms with E-state index >= 15 is 0 Å². The second-order valence-corrected chi connectivity index (χ2v) is 10.8. The molecule has 4 rings (SSSR count). The van der Waals surface area contributed by atoms with Crippen molar-refractivity contribution in [3.05, 3.63) is 59.8 Å². The fraction of sp³-hybridized carbons (Fsp3) is 0.548. The zero-order valence-corrected chi connectivity index (χ0v) is 23.3. The van der Waals surface area contributed by atoms with Crippen LogP contribution in [-0.2, 0) is 13.2 Å².